The Morgan fingerprint density at radius 2 is 2.20 bits per heavy atom. The van der Waals surface area contributed by atoms with E-state index < -0.39 is 0 Å². The Bertz CT molecular complexity index is 481. The SMILES string of the molecule is Nc1ccn(Cc2ccc(F)cc2Cl)n1. The van der Waals surface area contributed by atoms with Crippen molar-refractivity contribution in [3.05, 3.63) is 46.9 Å². The first kappa shape index (κ1) is 9.98. The van der Waals surface area contributed by atoms with Gasteiger partial charge in [0.1, 0.15) is 11.6 Å². The highest BCUT2D eigenvalue weighted by molar-refractivity contribution is 6.31. The third kappa shape index (κ3) is 2.27. The summed E-state index contributed by atoms with van der Waals surface area (Å²) < 4.78 is 14.4. The maximum Gasteiger partial charge on any atom is 0.145 e. The molecule has 0 radical (unpaired) electrons. The number of rotatable bonds is 2. The first-order valence-electron chi connectivity index (χ1n) is 4.38. The second-order valence-electron chi connectivity index (χ2n) is 3.17. The van der Waals surface area contributed by atoms with Crippen molar-refractivity contribution < 1.29 is 4.39 Å². The van der Waals surface area contributed by atoms with E-state index in [0.717, 1.165) is 5.56 Å². The van der Waals surface area contributed by atoms with Crippen molar-refractivity contribution >= 4 is 17.4 Å². The number of anilines is 1. The Balaban J connectivity index is 2.24. The summed E-state index contributed by atoms with van der Waals surface area (Å²) in [6.07, 6.45) is 1.75. The van der Waals surface area contributed by atoms with Crippen LogP contribution in [0, 0.1) is 5.82 Å². The van der Waals surface area contributed by atoms with Crippen LogP contribution in [0.4, 0.5) is 10.2 Å². The third-order valence-electron chi connectivity index (χ3n) is 2.01. The molecule has 0 atom stereocenters. The van der Waals surface area contributed by atoms with Crippen LogP contribution in [0.25, 0.3) is 0 Å². The first-order valence-corrected chi connectivity index (χ1v) is 4.76. The van der Waals surface area contributed by atoms with Crippen LogP contribution in [0.3, 0.4) is 0 Å². The van der Waals surface area contributed by atoms with Crippen LogP contribution < -0.4 is 5.73 Å². The van der Waals surface area contributed by atoms with E-state index in [4.69, 9.17) is 17.3 Å². The molecule has 1 aromatic heterocycles. The van der Waals surface area contributed by atoms with Crippen LogP contribution in [0.15, 0.2) is 30.5 Å². The second kappa shape index (κ2) is 3.90. The van der Waals surface area contributed by atoms with Gasteiger partial charge in [0.05, 0.1) is 6.54 Å². The molecule has 0 aliphatic carbocycles. The zero-order valence-electron chi connectivity index (χ0n) is 7.82. The smallest absolute Gasteiger partial charge is 0.145 e. The molecule has 0 aliphatic heterocycles. The van der Waals surface area contributed by atoms with Crippen molar-refractivity contribution in [2.75, 3.05) is 5.73 Å². The highest BCUT2D eigenvalue weighted by Gasteiger charge is 2.03. The lowest BCUT2D eigenvalue weighted by Gasteiger charge is -2.04. The normalized spacial score (nSPS) is 10.5. The molecular formula is C10H9ClFN3. The number of nitrogen functional groups attached to an aromatic ring is 1. The van der Waals surface area contributed by atoms with Gasteiger partial charge < -0.3 is 5.73 Å². The van der Waals surface area contributed by atoms with Crippen molar-refractivity contribution in [1.29, 1.82) is 0 Å². The van der Waals surface area contributed by atoms with Crippen molar-refractivity contribution in [1.82, 2.24) is 9.78 Å². The largest absolute Gasteiger partial charge is 0.382 e. The molecule has 0 bridgehead atoms. The lowest BCUT2D eigenvalue weighted by Crippen LogP contribution is -2.01. The average Bonchev–Trinajstić information content (AvgIpc) is 2.56. The third-order valence-corrected chi connectivity index (χ3v) is 2.36. The summed E-state index contributed by atoms with van der Waals surface area (Å²) in [5.74, 6) is 0.108. The molecule has 15 heavy (non-hydrogen) atoms. The fourth-order valence-electron chi connectivity index (χ4n) is 1.29. The van der Waals surface area contributed by atoms with Crippen LogP contribution >= 0.6 is 11.6 Å². The summed E-state index contributed by atoms with van der Waals surface area (Å²) in [5.41, 5.74) is 6.28. The maximum absolute atomic E-state index is 12.8. The quantitative estimate of drug-likeness (QED) is 0.853. The number of hydrogen-bond donors (Lipinski definition) is 1. The minimum Gasteiger partial charge on any atom is -0.382 e. The zero-order chi connectivity index (χ0) is 10.8. The van der Waals surface area contributed by atoms with Crippen LogP contribution in [0.5, 0.6) is 0 Å². The Morgan fingerprint density at radius 1 is 1.40 bits per heavy atom. The molecule has 78 valence electrons. The van der Waals surface area contributed by atoms with Gasteiger partial charge in [-0.3, -0.25) is 4.68 Å². The monoisotopic (exact) mass is 225 g/mol. The van der Waals surface area contributed by atoms with Gasteiger partial charge in [-0.05, 0) is 23.8 Å². The van der Waals surface area contributed by atoms with E-state index in [-0.39, 0.29) is 5.82 Å². The number of nitrogens with zero attached hydrogens (tertiary/aromatic N) is 2. The van der Waals surface area contributed by atoms with Crippen LogP contribution in [-0.4, -0.2) is 9.78 Å². The first-order chi connectivity index (χ1) is 7.15. The standard InChI is InChI=1S/C10H9ClFN3/c11-9-5-8(12)2-1-7(9)6-15-4-3-10(13)14-15/h1-5H,6H2,(H2,13,14). The lowest BCUT2D eigenvalue weighted by molar-refractivity contribution is 0.624. The molecule has 1 heterocycles. The molecule has 0 unspecified atom stereocenters. The fraction of sp³-hybridized carbons (Fsp3) is 0.100. The molecule has 0 amide bonds. The second-order valence-corrected chi connectivity index (χ2v) is 3.58. The molecule has 0 saturated carbocycles. The van der Waals surface area contributed by atoms with E-state index in [2.05, 4.69) is 5.10 Å². The number of halogens is 2. The van der Waals surface area contributed by atoms with E-state index >= 15 is 0 Å². The number of hydrogen-bond acceptors (Lipinski definition) is 2. The summed E-state index contributed by atoms with van der Waals surface area (Å²) in [6.45, 7) is 0.482. The van der Waals surface area contributed by atoms with Gasteiger partial charge >= 0.3 is 0 Å². The Labute approximate surface area is 91.3 Å². The van der Waals surface area contributed by atoms with Crippen molar-refractivity contribution in [3.63, 3.8) is 0 Å². The van der Waals surface area contributed by atoms with Crippen molar-refractivity contribution in [2.24, 2.45) is 0 Å². The summed E-state index contributed by atoms with van der Waals surface area (Å²) >= 11 is 5.87. The van der Waals surface area contributed by atoms with Crippen molar-refractivity contribution in [2.45, 2.75) is 6.54 Å². The van der Waals surface area contributed by atoms with E-state index in [1.54, 1.807) is 23.0 Å². The molecule has 5 heteroatoms. The molecular weight excluding hydrogens is 217 g/mol. The summed E-state index contributed by atoms with van der Waals surface area (Å²) in [5, 5.41) is 4.40. The van der Waals surface area contributed by atoms with Gasteiger partial charge in [0, 0.05) is 11.2 Å². The minimum atomic E-state index is -0.344. The summed E-state index contributed by atoms with van der Waals surface area (Å²) in [4.78, 5) is 0. The zero-order valence-corrected chi connectivity index (χ0v) is 8.58. The number of benzene rings is 1. The Morgan fingerprint density at radius 3 is 2.80 bits per heavy atom. The molecule has 0 aliphatic rings. The average molecular weight is 226 g/mol. The Hall–Kier alpha value is -1.55. The van der Waals surface area contributed by atoms with Gasteiger partial charge in [0.25, 0.3) is 0 Å². The van der Waals surface area contributed by atoms with Gasteiger partial charge in [-0.15, -0.1) is 0 Å². The van der Waals surface area contributed by atoms with Gasteiger partial charge in [-0.2, -0.15) is 5.10 Å². The number of aromatic nitrogens is 2. The van der Waals surface area contributed by atoms with E-state index in [0.29, 0.717) is 17.4 Å². The highest BCUT2D eigenvalue weighted by Crippen LogP contribution is 2.18. The predicted octanol–water partition coefficient (Wildman–Crippen LogP) is 2.31. The molecule has 2 N–H and O–H groups in total. The predicted molar refractivity (Wildman–Crippen MR) is 57.2 cm³/mol. The molecule has 0 spiro atoms. The van der Waals surface area contributed by atoms with Crippen LogP contribution in [0.2, 0.25) is 5.02 Å². The van der Waals surface area contributed by atoms with E-state index in [1.807, 2.05) is 0 Å². The number of nitrogens with two attached hydrogens (primary N) is 1. The molecule has 1 aromatic carbocycles. The summed E-state index contributed by atoms with van der Waals surface area (Å²) in [7, 11) is 0. The van der Waals surface area contributed by atoms with Gasteiger partial charge in [0.15, 0.2) is 0 Å². The lowest BCUT2D eigenvalue weighted by atomic mass is 10.2. The van der Waals surface area contributed by atoms with Gasteiger partial charge in [0.2, 0.25) is 0 Å². The van der Waals surface area contributed by atoms with Crippen LogP contribution in [0.1, 0.15) is 5.56 Å². The fourth-order valence-corrected chi connectivity index (χ4v) is 1.52. The highest BCUT2D eigenvalue weighted by atomic mass is 35.5. The summed E-state index contributed by atoms with van der Waals surface area (Å²) in [6, 6.07) is 5.98. The maximum atomic E-state index is 12.8. The Kier molecular flexibility index (Phi) is 2.60. The van der Waals surface area contributed by atoms with E-state index in [9.17, 15) is 4.39 Å². The molecule has 0 fully saturated rings. The van der Waals surface area contributed by atoms with Gasteiger partial charge in [-0.25, -0.2) is 4.39 Å². The van der Waals surface area contributed by atoms with Gasteiger partial charge in [-0.1, -0.05) is 17.7 Å². The topological polar surface area (TPSA) is 43.8 Å². The molecule has 2 rings (SSSR count). The van der Waals surface area contributed by atoms with Crippen molar-refractivity contribution in [3.8, 4) is 0 Å². The molecule has 0 saturated heterocycles. The van der Waals surface area contributed by atoms with E-state index in [1.165, 1.54) is 12.1 Å². The van der Waals surface area contributed by atoms with Crippen LogP contribution in [-0.2, 0) is 6.54 Å². The minimum absolute atomic E-state index is 0.344. The molecule has 3 nitrogen and oxygen atoms in total. The molecule has 2 aromatic rings.